The smallest absolute Gasteiger partial charge is 0.0701 e. The number of methoxy groups -OCH3 is 1. The Hall–Kier alpha value is -0.160. The highest BCUT2D eigenvalue weighted by Gasteiger charge is 1.88. The van der Waals surface area contributed by atoms with E-state index in [-0.39, 0.29) is 1.43 Å². The van der Waals surface area contributed by atoms with E-state index < -0.39 is 0 Å². The fourth-order valence-electron chi connectivity index (χ4n) is 0.638. The van der Waals surface area contributed by atoms with Gasteiger partial charge in [0.15, 0.2) is 0 Å². The van der Waals surface area contributed by atoms with Gasteiger partial charge in [-0.1, -0.05) is 0 Å². The fraction of sp³-hybridized carbons (Fsp3) is 1.00. The SMILES string of the molecule is CNCCOCCOCCOC.[HH]. The zero-order valence-corrected chi connectivity index (χ0v) is 7.97. The molecule has 0 unspecified atom stereocenters. The van der Waals surface area contributed by atoms with Crippen LogP contribution in [0.2, 0.25) is 0 Å². The number of nitrogens with one attached hydrogen (secondary N) is 1. The van der Waals surface area contributed by atoms with Gasteiger partial charge in [0.25, 0.3) is 0 Å². The highest BCUT2D eigenvalue weighted by molar-refractivity contribution is 4.36. The van der Waals surface area contributed by atoms with Crippen LogP contribution in [0.3, 0.4) is 0 Å². The number of hydrogen-bond donors (Lipinski definition) is 1. The Morgan fingerprint density at radius 2 is 1.58 bits per heavy atom. The summed E-state index contributed by atoms with van der Waals surface area (Å²) in [7, 11) is 3.56. The average Bonchev–Trinajstić information content (AvgIpc) is 2.10. The van der Waals surface area contributed by atoms with Gasteiger partial charge in [0.05, 0.1) is 33.0 Å². The molecule has 0 fully saturated rings. The normalized spacial score (nSPS) is 10.5. The minimum Gasteiger partial charge on any atom is -0.382 e. The highest BCUT2D eigenvalue weighted by Crippen LogP contribution is 1.78. The van der Waals surface area contributed by atoms with Crippen LogP contribution in [0.25, 0.3) is 0 Å². The summed E-state index contributed by atoms with van der Waals surface area (Å²) in [6, 6.07) is 0. The van der Waals surface area contributed by atoms with Crippen molar-refractivity contribution in [2.45, 2.75) is 0 Å². The predicted molar refractivity (Wildman–Crippen MR) is 49.6 cm³/mol. The average molecular weight is 179 g/mol. The minimum atomic E-state index is 0. The molecule has 4 heteroatoms. The van der Waals surface area contributed by atoms with E-state index in [1.165, 1.54) is 0 Å². The third kappa shape index (κ3) is 9.84. The molecule has 0 saturated carbocycles. The van der Waals surface area contributed by atoms with E-state index in [2.05, 4.69) is 5.32 Å². The van der Waals surface area contributed by atoms with Gasteiger partial charge in [-0.3, -0.25) is 0 Å². The first-order valence-corrected chi connectivity index (χ1v) is 4.21. The van der Waals surface area contributed by atoms with E-state index in [4.69, 9.17) is 14.2 Å². The van der Waals surface area contributed by atoms with Crippen molar-refractivity contribution in [3.63, 3.8) is 0 Å². The van der Waals surface area contributed by atoms with Crippen LogP contribution in [0.4, 0.5) is 0 Å². The van der Waals surface area contributed by atoms with Crippen molar-refractivity contribution in [3.8, 4) is 0 Å². The molecule has 0 aliphatic rings. The van der Waals surface area contributed by atoms with Gasteiger partial charge in [0, 0.05) is 15.1 Å². The molecule has 0 bridgehead atoms. The lowest BCUT2D eigenvalue weighted by atomic mass is 10.7. The Morgan fingerprint density at radius 3 is 2.17 bits per heavy atom. The summed E-state index contributed by atoms with van der Waals surface area (Å²) in [6.45, 7) is 4.23. The predicted octanol–water partition coefficient (Wildman–Crippen LogP) is 0.131. The van der Waals surface area contributed by atoms with E-state index >= 15 is 0 Å². The van der Waals surface area contributed by atoms with Gasteiger partial charge in [0.1, 0.15) is 0 Å². The van der Waals surface area contributed by atoms with Gasteiger partial charge < -0.3 is 19.5 Å². The van der Waals surface area contributed by atoms with Gasteiger partial charge in [-0.15, -0.1) is 0 Å². The summed E-state index contributed by atoms with van der Waals surface area (Å²) >= 11 is 0. The van der Waals surface area contributed by atoms with E-state index in [0.717, 1.165) is 13.2 Å². The summed E-state index contributed by atoms with van der Waals surface area (Å²) in [4.78, 5) is 0. The molecule has 4 nitrogen and oxygen atoms in total. The maximum Gasteiger partial charge on any atom is 0.0701 e. The van der Waals surface area contributed by atoms with Crippen LogP contribution in [0.5, 0.6) is 0 Å². The first-order chi connectivity index (χ1) is 5.91. The molecule has 0 aromatic heterocycles. The molecular weight excluding hydrogens is 158 g/mol. The minimum absolute atomic E-state index is 0. The van der Waals surface area contributed by atoms with Gasteiger partial charge in [0.2, 0.25) is 0 Å². The fourth-order valence-corrected chi connectivity index (χ4v) is 0.638. The zero-order chi connectivity index (χ0) is 9.07. The Kier molecular flexibility index (Phi) is 10.7. The maximum atomic E-state index is 5.23. The van der Waals surface area contributed by atoms with Crippen molar-refractivity contribution in [3.05, 3.63) is 0 Å². The summed E-state index contributed by atoms with van der Waals surface area (Å²) < 4.78 is 15.2. The topological polar surface area (TPSA) is 39.7 Å². The quantitative estimate of drug-likeness (QED) is 0.511. The molecule has 0 amide bonds. The molecule has 0 aromatic rings. The van der Waals surface area contributed by atoms with Gasteiger partial charge in [-0.25, -0.2) is 0 Å². The van der Waals surface area contributed by atoms with Crippen LogP contribution in [0.15, 0.2) is 0 Å². The van der Waals surface area contributed by atoms with Crippen molar-refractivity contribution in [2.75, 3.05) is 53.7 Å². The van der Waals surface area contributed by atoms with Crippen molar-refractivity contribution >= 4 is 0 Å². The summed E-state index contributed by atoms with van der Waals surface area (Å²) in [5.74, 6) is 0. The molecule has 76 valence electrons. The molecule has 1 N–H and O–H groups in total. The lowest BCUT2D eigenvalue weighted by molar-refractivity contribution is 0.0258. The van der Waals surface area contributed by atoms with Gasteiger partial charge >= 0.3 is 0 Å². The molecule has 0 spiro atoms. The Balaban J connectivity index is 0. The first kappa shape index (κ1) is 11.8. The molecular formula is C8H21NO3. The second-order valence-corrected chi connectivity index (χ2v) is 2.32. The number of rotatable bonds is 9. The molecule has 0 aliphatic carbocycles. The van der Waals surface area contributed by atoms with Crippen molar-refractivity contribution in [1.29, 1.82) is 0 Å². The van der Waals surface area contributed by atoms with E-state index in [1.807, 2.05) is 7.05 Å². The molecule has 12 heavy (non-hydrogen) atoms. The summed E-state index contributed by atoms with van der Waals surface area (Å²) in [5, 5.41) is 2.99. The van der Waals surface area contributed by atoms with Gasteiger partial charge in [-0.05, 0) is 7.05 Å². The summed E-state index contributed by atoms with van der Waals surface area (Å²) in [5.41, 5.74) is 0. The highest BCUT2D eigenvalue weighted by atomic mass is 16.5. The Morgan fingerprint density at radius 1 is 1.00 bits per heavy atom. The van der Waals surface area contributed by atoms with Crippen LogP contribution in [-0.4, -0.2) is 53.7 Å². The maximum absolute atomic E-state index is 5.23. The van der Waals surface area contributed by atoms with E-state index in [1.54, 1.807) is 7.11 Å². The molecule has 0 saturated heterocycles. The second kappa shape index (κ2) is 10.8. The Labute approximate surface area is 75.7 Å². The van der Waals surface area contributed by atoms with Crippen molar-refractivity contribution in [2.24, 2.45) is 0 Å². The van der Waals surface area contributed by atoms with Gasteiger partial charge in [-0.2, -0.15) is 0 Å². The second-order valence-electron chi connectivity index (χ2n) is 2.32. The van der Waals surface area contributed by atoms with Crippen molar-refractivity contribution < 1.29 is 15.6 Å². The third-order valence-corrected chi connectivity index (χ3v) is 1.30. The third-order valence-electron chi connectivity index (χ3n) is 1.30. The number of ether oxygens (including phenoxy) is 3. The van der Waals surface area contributed by atoms with Crippen molar-refractivity contribution in [1.82, 2.24) is 5.32 Å². The van der Waals surface area contributed by atoms with E-state index in [0.29, 0.717) is 26.4 Å². The van der Waals surface area contributed by atoms with Crippen LogP contribution in [0.1, 0.15) is 1.43 Å². The van der Waals surface area contributed by atoms with Crippen LogP contribution in [0, 0.1) is 0 Å². The molecule has 0 atom stereocenters. The Bertz CT molecular complexity index is 75.8. The number of likely N-dealkylation sites (N-methyl/N-ethyl adjacent to an activating group) is 1. The molecule has 0 aliphatic heterocycles. The first-order valence-electron chi connectivity index (χ1n) is 4.21. The standard InChI is InChI=1S/C8H19NO3.H2/c1-9-3-4-11-7-8-12-6-5-10-2;/h9H,3-8H2,1-2H3;1H. The lowest BCUT2D eigenvalue weighted by Gasteiger charge is -2.04. The summed E-state index contributed by atoms with van der Waals surface area (Å²) in [6.07, 6.45) is 0. The monoisotopic (exact) mass is 179 g/mol. The van der Waals surface area contributed by atoms with Crippen LogP contribution < -0.4 is 5.32 Å². The molecule has 0 radical (unpaired) electrons. The van der Waals surface area contributed by atoms with E-state index in [9.17, 15) is 0 Å². The number of hydrogen-bond acceptors (Lipinski definition) is 4. The molecule has 0 rings (SSSR count). The largest absolute Gasteiger partial charge is 0.382 e. The molecule has 0 heterocycles. The van der Waals surface area contributed by atoms with Crippen LogP contribution >= 0.6 is 0 Å². The molecule has 0 aromatic carbocycles. The zero-order valence-electron chi connectivity index (χ0n) is 7.97. The lowest BCUT2D eigenvalue weighted by Crippen LogP contribution is -2.16. The van der Waals surface area contributed by atoms with Crippen LogP contribution in [-0.2, 0) is 14.2 Å².